The number of ether oxygens (including phenoxy) is 4. The van der Waals surface area contributed by atoms with Gasteiger partial charge in [-0.05, 0) is 115 Å². The van der Waals surface area contributed by atoms with E-state index in [-0.39, 0.29) is 170 Å². The third kappa shape index (κ3) is 64.3. The van der Waals surface area contributed by atoms with Crippen molar-refractivity contribution in [1.82, 2.24) is 10.6 Å². The summed E-state index contributed by atoms with van der Waals surface area (Å²) in [6.45, 7) is 20.8. The maximum Gasteiger partial charge on any atom is 1.00 e. The van der Waals surface area contributed by atoms with Gasteiger partial charge in [-0.3, -0.25) is 4.79 Å². The molecule has 0 saturated heterocycles. The number of phenols is 1. The van der Waals surface area contributed by atoms with Crippen LogP contribution in [-0.4, -0.2) is 78.5 Å². The van der Waals surface area contributed by atoms with E-state index in [2.05, 4.69) is 31.5 Å². The van der Waals surface area contributed by atoms with Crippen LogP contribution in [0.3, 0.4) is 0 Å². The Balaban J connectivity index is -0.0000000980. The number of amides is 2. The largest absolute Gasteiger partial charge is 1.00 e. The summed E-state index contributed by atoms with van der Waals surface area (Å²) in [5.74, 6) is 2.04. The van der Waals surface area contributed by atoms with Gasteiger partial charge in [-0.25, -0.2) is 9.59 Å². The first-order chi connectivity index (χ1) is 27.2. The number of nitriles is 1. The molecule has 0 fully saturated rings. The van der Waals surface area contributed by atoms with Crippen molar-refractivity contribution in [2.24, 2.45) is 5.73 Å². The molecule has 5 N–H and O–H groups in total. The SMILES string of the molecule is CC#N.CC(C)(C)OC(=O)NCCBr.Cc1cccc(O)c1.Cc1cccc(OCCN)c1.Cc1cccc(OCCNC(=O)OC(C)(C)C)c1.Cl.ClCCl.O=CO[O-].[Cs+].[Cs+].[H-]. The molecule has 0 aliphatic rings. The Morgan fingerprint density at radius 1 is 0.820 bits per heavy atom. The summed E-state index contributed by atoms with van der Waals surface area (Å²) in [5.41, 5.74) is 7.85. The summed E-state index contributed by atoms with van der Waals surface area (Å²) in [6, 6.07) is 24.6. The van der Waals surface area contributed by atoms with E-state index in [9.17, 15) is 9.59 Å². The fourth-order valence-electron chi connectivity index (χ4n) is 3.31. The van der Waals surface area contributed by atoms with Gasteiger partial charge in [0.25, 0.3) is 6.47 Å². The Morgan fingerprint density at radius 3 is 1.44 bits per heavy atom. The fraction of sp³-hybridized carbons (Fsp3) is 0.463. The minimum Gasteiger partial charge on any atom is -1.00 e. The number of aryl methyl sites for hydroxylation is 3. The summed E-state index contributed by atoms with van der Waals surface area (Å²) >= 11 is 12.7. The zero-order valence-corrected chi connectivity index (χ0v) is 54.1. The number of carbonyl (C=O) groups is 3. The monoisotopic (exact) mass is 1220 g/mol. The van der Waals surface area contributed by atoms with E-state index >= 15 is 0 Å². The van der Waals surface area contributed by atoms with Crippen LogP contribution in [0.15, 0.2) is 72.8 Å². The number of halogens is 4. The van der Waals surface area contributed by atoms with Crippen molar-refractivity contribution in [2.75, 3.05) is 43.5 Å². The molecule has 3 aromatic carbocycles. The second-order valence-corrected chi connectivity index (χ2v) is 14.6. The molecule has 0 aliphatic heterocycles. The van der Waals surface area contributed by atoms with E-state index in [1.54, 1.807) is 18.2 Å². The van der Waals surface area contributed by atoms with E-state index in [4.69, 9.17) is 68.3 Å². The maximum atomic E-state index is 11.3. The molecule has 3 aromatic rings. The number of hydrogen-bond donors (Lipinski definition) is 4. The summed E-state index contributed by atoms with van der Waals surface area (Å²) in [7, 11) is 0. The van der Waals surface area contributed by atoms with Crippen molar-refractivity contribution in [2.45, 2.75) is 80.4 Å². The third-order valence-electron chi connectivity index (χ3n) is 5.21. The zero-order chi connectivity index (χ0) is 45.4. The number of rotatable bonds is 10. The molecule has 0 radical (unpaired) electrons. The van der Waals surface area contributed by atoms with Crippen LogP contribution in [0.5, 0.6) is 17.2 Å². The minimum absolute atomic E-state index is 0. The van der Waals surface area contributed by atoms with E-state index in [0.717, 1.165) is 28.0 Å². The molecular weight excluding hydrogens is 1160 g/mol. The van der Waals surface area contributed by atoms with Crippen LogP contribution in [0.4, 0.5) is 9.59 Å². The minimum atomic E-state index is -0.471. The topological polar surface area (TPSA) is 215 Å². The van der Waals surface area contributed by atoms with Crippen LogP contribution >= 0.6 is 51.5 Å². The molecule has 338 valence electrons. The zero-order valence-electron chi connectivity index (χ0n) is 38.6. The van der Waals surface area contributed by atoms with Crippen molar-refractivity contribution in [3.05, 3.63) is 89.5 Å². The van der Waals surface area contributed by atoms with Gasteiger partial charge in [0.15, 0.2) is 0 Å². The number of phenolic OH excluding ortho intramolecular Hbond substituents is 1. The Morgan fingerprint density at radius 2 is 1.16 bits per heavy atom. The van der Waals surface area contributed by atoms with Crippen LogP contribution in [-0.2, 0) is 19.2 Å². The predicted octanol–water partition coefficient (Wildman–Crippen LogP) is 2.77. The number of aromatic hydroxyl groups is 1. The van der Waals surface area contributed by atoms with Gasteiger partial charge in [0.05, 0.1) is 18.0 Å². The molecule has 20 heteroatoms. The molecule has 0 saturated carbocycles. The standard InChI is InChI=1S/C14H21NO3.C9H13NO.C7H14BrNO2.C7H8O.C2H3N.CH2Cl2.CH2O3.ClH.2Cs.H/c1-11-6-5-7-12(10-11)17-9-8-15-13(16)18-14(2,3)4;1-8-3-2-4-9(7-8)11-6-5-10;1-7(2,3)11-6(10)9-5-4-8;1-6-3-2-4-7(8)5-6;1-2-3;2-1-3;2-1-4-3;;;;/h5-7,10H,8-9H2,1-4H3,(H,15,16);2-4,7H,5-6,10H2,1H3;4-5H2,1-3H3,(H,9,10);2-5,8H,1H3;1H3;1H2;1,3H;1H;;;/q;;;;;;;;2*+1;-1/p-1. The number of carbonyl (C=O) groups excluding carboxylic acids is 3. The summed E-state index contributed by atoms with van der Waals surface area (Å²) in [5, 5.41) is 30.7. The van der Waals surface area contributed by atoms with Gasteiger partial charge >= 0.3 is 150 Å². The van der Waals surface area contributed by atoms with Crippen LogP contribution in [0.25, 0.3) is 0 Å². The molecule has 0 aromatic heterocycles. The van der Waals surface area contributed by atoms with Crippen molar-refractivity contribution in [1.29, 1.82) is 5.26 Å². The van der Waals surface area contributed by atoms with Crippen LogP contribution < -0.4 is 169 Å². The van der Waals surface area contributed by atoms with Gasteiger partial charge in [0.1, 0.15) is 41.7 Å². The number of alkyl carbamates (subject to hydrolysis) is 2. The van der Waals surface area contributed by atoms with E-state index in [1.807, 2.05) is 123 Å². The second kappa shape index (κ2) is 50.9. The molecule has 0 heterocycles. The van der Waals surface area contributed by atoms with Crippen molar-refractivity contribution >= 4 is 70.2 Å². The molecule has 0 spiro atoms. The Kier molecular flexibility index (Phi) is 62.8. The van der Waals surface area contributed by atoms with Gasteiger partial charge in [-0.1, -0.05) is 52.3 Å². The molecule has 3 rings (SSSR count). The Bertz CT molecular complexity index is 1530. The van der Waals surface area contributed by atoms with E-state index in [1.165, 1.54) is 12.5 Å². The van der Waals surface area contributed by atoms with Crippen LogP contribution in [0, 0.1) is 32.1 Å². The van der Waals surface area contributed by atoms with E-state index in [0.29, 0.717) is 38.6 Å². The molecule has 2 amide bonds. The molecule has 61 heavy (non-hydrogen) atoms. The Hall–Kier alpha value is -0.0661. The first-order valence-corrected chi connectivity index (χ1v) is 19.9. The number of nitrogens with zero attached hydrogens (tertiary/aromatic N) is 1. The fourth-order valence-corrected chi connectivity index (χ4v) is 3.51. The van der Waals surface area contributed by atoms with Gasteiger partial charge in [-0.15, -0.1) is 35.6 Å². The number of nitrogens with two attached hydrogens (primary N) is 1. The van der Waals surface area contributed by atoms with E-state index < -0.39 is 17.3 Å². The maximum absolute atomic E-state index is 11.3. The first kappa shape index (κ1) is 75.2. The second-order valence-electron chi connectivity index (χ2n) is 13.0. The number of nitrogens with one attached hydrogen (secondary N) is 2. The number of alkyl halides is 3. The quantitative estimate of drug-likeness (QED) is 0.0759. The van der Waals surface area contributed by atoms with Gasteiger partial charge in [0.2, 0.25) is 0 Å². The first-order valence-electron chi connectivity index (χ1n) is 17.7. The van der Waals surface area contributed by atoms with Crippen molar-refractivity contribution in [3.8, 4) is 23.3 Å². The number of hydrogen-bond acceptors (Lipinski definition) is 12. The van der Waals surface area contributed by atoms with Gasteiger partial charge < -0.3 is 52.0 Å². The molecule has 14 nitrogen and oxygen atoms in total. The molecule has 0 bridgehead atoms. The van der Waals surface area contributed by atoms with Gasteiger partial charge in [-0.2, -0.15) is 5.26 Å². The molecule has 0 unspecified atom stereocenters. The molecular formula is C41H64BrCl3Cs2N4O10. The van der Waals surface area contributed by atoms with Crippen LogP contribution in [0.1, 0.15) is 66.6 Å². The van der Waals surface area contributed by atoms with Gasteiger partial charge in [0, 0.05) is 25.3 Å². The average Bonchev–Trinajstić information content (AvgIpc) is 3.12. The normalized spacial score (nSPS) is 8.89. The summed E-state index contributed by atoms with van der Waals surface area (Å²) in [6.07, 6.45) is -0.785. The summed E-state index contributed by atoms with van der Waals surface area (Å²) in [4.78, 5) is 33.4. The predicted molar refractivity (Wildman–Crippen MR) is 241 cm³/mol. The van der Waals surface area contributed by atoms with Crippen molar-refractivity contribution < 1.29 is 188 Å². The molecule has 0 aliphatic carbocycles. The smallest absolute Gasteiger partial charge is 1.00 e. The number of benzene rings is 3. The molecule has 0 atom stereocenters. The third-order valence-corrected chi connectivity index (χ3v) is 5.60. The van der Waals surface area contributed by atoms with Crippen LogP contribution in [0.2, 0.25) is 0 Å². The van der Waals surface area contributed by atoms with Crippen molar-refractivity contribution in [3.63, 3.8) is 0 Å². The Labute approximate surface area is 507 Å². The summed E-state index contributed by atoms with van der Waals surface area (Å²) < 4.78 is 20.9. The average molecular weight is 1230 g/mol.